The number of nitro benzene ring substituents is 1. The zero-order valence-corrected chi connectivity index (χ0v) is 17.8. The minimum absolute atomic E-state index is 0.0162. The number of allylic oxidation sites excluding steroid dienone is 3. The first-order valence-corrected chi connectivity index (χ1v) is 11.1. The van der Waals surface area contributed by atoms with E-state index in [1.165, 1.54) is 12.1 Å². The molecule has 0 amide bonds. The molecule has 3 aliphatic rings. The number of carbonyl (C=O) groups is 2. The van der Waals surface area contributed by atoms with Gasteiger partial charge in [0.15, 0.2) is 5.78 Å². The van der Waals surface area contributed by atoms with Gasteiger partial charge in [0, 0.05) is 41.4 Å². The average molecular weight is 424 g/mol. The fourth-order valence-electron chi connectivity index (χ4n) is 4.98. The van der Waals surface area contributed by atoms with E-state index in [9.17, 15) is 19.7 Å². The molecule has 0 spiro atoms. The molecule has 4 rings (SSSR count). The summed E-state index contributed by atoms with van der Waals surface area (Å²) in [6.45, 7) is 1.82. The van der Waals surface area contributed by atoms with Gasteiger partial charge in [0.2, 0.25) is 0 Å². The number of nitrogens with zero attached hydrogens (tertiary/aromatic N) is 1. The summed E-state index contributed by atoms with van der Waals surface area (Å²) in [7, 11) is 0. The zero-order chi connectivity index (χ0) is 22.0. The Morgan fingerprint density at radius 1 is 1.13 bits per heavy atom. The predicted octanol–water partition coefficient (Wildman–Crippen LogP) is 4.83. The van der Waals surface area contributed by atoms with Crippen molar-refractivity contribution in [2.45, 2.75) is 76.7 Å². The second-order valence-electron chi connectivity index (χ2n) is 8.64. The number of carbonyl (C=O) groups excluding carboxylic acids is 2. The molecule has 0 radical (unpaired) electrons. The third-order valence-electron chi connectivity index (χ3n) is 6.49. The number of nitrogens with one attached hydrogen (secondary N) is 1. The lowest BCUT2D eigenvalue weighted by Gasteiger charge is -2.34. The van der Waals surface area contributed by atoms with Gasteiger partial charge in [-0.2, -0.15) is 0 Å². The number of Topliss-reactive ketones (excluding diaryl/α,β-unsaturated/α-hetero) is 1. The van der Waals surface area contributed by atoms with Crippen molar-refractivity contribution in [2.75, 3.05) is 0 Å². The number of benzene rings is 1. The van der Waals surface area contributed by atoms with Crippen molar-refractivity contribution in [2.24, 2.45) is 0 Å². The molecule has 7 heteroatoms. The fraction of sp³-hybridized carbons (Fsp3) is 0.500. The Balaban J connectivity index is 1.74. The van der Waals surface area contributed by atoms with Crippen LogP contribution < -0.4 is 5.32 Å². The Labute approximate surface area is 181 Å². The van der Waals surface area contributed by atoms with E-state index in [4.69, 9.17) is 4.74 Å². The third kappa shape index (κ3) is 4.40. The number of nitro groups is 1. The van der Waals surface area contributed by atoms with Crippen molar-refractivity contribution in [1.29, 1.82) is 0 Å². The largest absolute Gasteiger partial charge is 0.459 e. The van der Waals surface area contributed by atoms with Gasteiger partial charge in [-0.3, -0.25) is 14.9 Å². The molecule has 2 aliphatic carbocycles. The number of rotatable bonds is 4. The third-order valence-corrected chi connectivity index (χ3v) is 6.49. The Morgan fingerprint density at radius 3 is 2.58 bits per heavy atom. The lowest BCUT2D eigenvalue weighted by Crippen LogP contribution is -2.35. The van der Waals surface area contributed by atoms with Gasteiger partial charge in [0.25, 0.3) is 5.69 Å². The second-order valence-corrected chi connectivity index (χ2v) is 8.64. The van der Waals surface area contributed by atoms with Crippen LogP contribution in [0.15, 0.2) is 46.8 Å². The van der Waals surface area contributed by atoms with Gasteiger partial charge in [-0.15, -0.1) is 0 Å². The van der Waals surface area contributed by atoms with E-state index in [2.05, 4.69) is 5.32 Å². The molecule has 0 bridgehead atoms. The summed E-state index contributed by atoms with van der Waals surface area (Å²) in [5.41, 5.74) is 2.92. The Morgan fingerprint density at radius 2 is 1.87 bits per heavy atom. The first-order valence-electron chi connectivity index (χ1n) is 11.1. The highest BCUT2D eigenvalue weighted by molar-refractivity contribution is 6.03. The smallest absolute Gasteiger partial charge is 0.337 e. The van der Waals surface area contributed by atoms with Crippen molar-refractivity contribution in [3.8, 4) is 0 Å². The molecule has 1 fully saturated rings. The molecule has 1 unspecified atom stereocenters. The van der Waals surface area contributed by atoms with Gasteiger partial charge in [-0.05, 0) is 51.0 Å². The highest BCUT2D eigenvalue weighted by atomic mass is 16.6. The molecule has 0 saturated heterocycles. The van der Waals surface area contributed by atoms with Crippen LogP contribution >= 0.6 is 0 Å². The summed E-state index contributed by atoms with van der Waals surface area (Å²) in [6.07, 6.45) is 7.83. The molecule has 164 valence electrons. The molecular weight excluding hydrogens is 396 g/mol. The molecule has 1 heterocycles. The highest BCUT2D eigenvalue weighted by Gasteiger charge is 2.40. The Hall–Kier alpha value is -2.96. The number of hydrogen-bond acceptors (Lipinski definition) is 6. The molecule has 31 heavy (non-hydrogen) atoms. The summed E-state index contributed by atoms with van der Waals surface area (Å²) in [5.74, 6) is -1.10. The number of dihydropyridines is 1. The lowest BCUT2D eigenvalue weighted by atomic mass is 9.75. The van der Waals surface area contributed by atoms with Crippen LogP contribution in [0.4, 0.5) is 5.69 Å². The van der Waals surface area contributed by atoms with Crippen LogP contribution in [-0.2, 0) is 14.3 Å². The van der Waals surface area contributed by atoms with Gasteiger partial charge in [-0.25, -0.2) is 4.79 Å². The van der Waals surface area contributed by atoms with Crippen LogP contribution in [0.3, 0.4) is 0 Å². The van der Waals surface area contributed by atoms with E-state index in [1.807, 2.05) is 6.92 Å². The van der Waals surface area contributed by atoms with Crippen LogP contribution in [0.1, 0.15) is 76.2 Å². The summed E-state index contributed by atoms with van der Waals surface area (Å²) in [5, 5.41) is 14.6. The monoisotopic (exact) mass is 424 g/mol. The maximum Gasteiger partial charge on any atom is 0.337 e. The van der Waals surface area contributed by atoms with Crippen LogP contribution in [0.2, 0.25) is 0 Å². The van der Waals surface area contributed by atoms with Gasteiger partial charge in [0.1, 0.15) is 6.10 Å². The van der Waals surface area contributed by atoms with Crippen molar-refractivity contribution >= 4 is 17.4 Å². The van der Waals surface area contributed by atoms with Crippen LogP contribution in [0, 0.1) is 10.1 Å². The first kappa shape index (κ1) is 21.3. The van der Waals surface area contributed by atoms with E-state index in [1.54, 1.807) is 12.1 Å². The molecule has 1 aromatic rings. The quantitative estimate of drug-likeness (QED) is 0.322. The number of ketones is 1. The standard InChI is InChI=1S/C24H28N2O5/c1-15-21(24(28)31-18-10-4-2-3-5-11-18)22(16-8-6-9-17(14-16)26(29)30)23-19(25-15)12-7-13-20(23)27/h6,8-9,14,18,22,25H,2-5,7,10-13H2,1H3. The SMILES string of the molecule is CC1=C(C(=O)OC2CCCCCC2)C(c2cccc([N+](=O)[O-])c2)C2=C(CCCC2=O)N1. The molecule has 1 N–H and O–H groups in total. The van der Waals surface area contributed by atoms with Crippen LogP contribution in [0.5, 0.6) is 0 Å². The van der Waals surface area contributed by atoms with Crippen LogP contribution in [0.25, 0.3) is 0 Å². The van der Waals surface area contributed by atoms with E-state index >= 15 is 0 Å². The normalized spacial score (nSPS) is 22.5. The predicted molar refractivity (Wildman–Crippen MR) is 115 cm³/mol. The number of non-ortho nitro benzene ring substituents is 1. The molecule has 0 aromatic heterocycles. The van der Waals surface area contributed by atoms with Crippen molar-refractivity contribution in [3.05, 3.63) is 62.5 Å². The summed E-state index contributed by atoms with van der Waals surface area (Å²) < 4.78 is 5.92. The van der Waals surface area contributed by atoms with E-state index in [0.717, 1.165) is 57.1 Å². The first-order chi connectivity index (χ1) is 15.0. The molecule has 1 atom stereocenters. The zero-order valence-electron chi connectivity index (χ0n) is 17.8. The minimum Gasteiger partial charge on any atom is -0.459 e. The topological polar surface area (TPSA) is 98.5 Å². The van der Waals surface area contributed by atoms with E-state index in [0.29, 0.717) is 28.8 Å². The number of hydrogen-bond donors (Lipinski definition) is 1. The van der Waals surface area contributed by atoms with Crippen molar-refractivity contribution < 1.29 is 19.2 Å². The van der Waals surface area contributed by atoms with E-state index < -0.39 is 16.8 Å². The summed E-state index contributed by atoms with van der Waals surface area (Å²) >= 11 is 0. The maximum atomic E-state index is 13.4. The van der Waals surface area contributed by atoms with Gasteiger partial charge in [0.05, 0.1) is 10.5 Å². The molecule has 1 aromatic carbocycles. The van der Waals surface area contributed by atoms with Crippen molar-refractivity contribution in [3.63, 3.8) is 0 Å². The lowest BCUT2D eigenvalue weighted by molar-refractivity contribution is -0.384. The average Bonchev–Trinajstić information content (AvgIpc) is 3.01. The number of ether oxygens (including phenoxy) is 1. The van der Waals surface area contributed by atoms with Gasteiger partial charge < -0.3 is 10.1 Å². The van der Waals surface area contributed by atoms with Crippen LogP contribution in [-0.4, -0.2) is 22.8 Å². The molecular formula is C24H28N2O5. The maximum absolute atomic E-state index is 13.4. The van der Waals surface area contributed by atoms with Crippen molar-refractivity contribution in [1.82, 2.24) is 5.32 Å². The summed E-state index contributed by atoms with van der Waals surface area (Å²) in [4.78, 5) is 37.2. The molecule has 7 nitrogen and oxygen atoms in total. The van der Waals surface area contributed by atoms with Gasteiger partial charge >= 0.3 is 5.97 Å². The second kappa shape index (κ2) is 9.04. The molecule has 1 saturated carbocycles. The Bertz CT molecular complexity index is 970. The van der Waals surface area contributed by atoms with Gasteiger partial charge in [-0.1, -0.05) is 25.0 Å². The molecule has 1 aliphatic heterocycles. The number of esters is 1. The fourth-order valence-corrected chi connectivity index (χ4v) is 4.98. The minimum atomic E-state index is -0.651. The Kier molecular flexibility index (Phi) is 6.20. The summed E-state index contributed by atoms with van der Waals surface area (Å²) in [6, 6.07) is 6.24. The van der Waals surface area contributed by atoms with E-state index in [-0.39, 0.29) is 17.6 Å². The highest BCUT2D eigenvalue weighted by Crippen LogP contribution is 2.43.